The number of H-pyrrole nitrogens is 1. The van der Waals surface area contributed by atoms with Crippen LogP contribution in [0.15, 0.2) is 17.2 Å². The van der Waals surface area contributed by atoms with Crippen molar-refractivity contribution in [1.29, 1.82) is 0 Å². The molecule has 0 aromatic carbocycles. The van der Waals surface area contributed by atoms with Crippen molar-refractivity contribution in [2.75, 3.05) is 33.2 Å². The summed E-state index contributed by atoms with van der Waals surface area (Å²) in [6, 6.07) is 1.67. The number of nitrogens with zero attached hydrogens (tertiary/aromatic N) is 1. The first-order chi connectivity index (χ1) is 9.62. The second kappa shape index (κ2) is 7.21. The lowest BCUT2D eigenvalue weighted by Crippen LogP contribution is -2.37. The Morgan fingerprint density at radius 3 is 2.75 bits per heavy atom. The van der Waals surface area contributed by atoms with Gasteiger partial charge in [-0.2, -0.15) is 0 Å². The molecule has 3 N–H and O–H groups in total. The Labute approximate surface area is 121 Å². The van der Waals surface area contributed by atoms with Crippen LogP contribution >= 0.6 is 0 Å². The van der Waals surface area contributed by atoms with Gasteiger partial charge in [-0.15, -0.1) is 0 Å². The summed E-state index contributed by atoms with van der Waals surface area (Å²) < 4.78 is 26.9. The Morgan fingerprint density at radius 2 is 2.05 bits per heavy atom. The van der Waals surface area contributed by atoms with Gasteiger partial charge in [-0.25, -0.2) is 13.1 Å². The minimum atomic E-state index is -3.39. The van der Waals surface area contributed by atoms with Crippen LogP contribution in [0.25, 0.3) is 0 Å². The normalized spacial score (nSPS) is 17.4. The summed E-state index contributed by atoms with van der Waals surface area (Å²) in [7, 11) is -1.57. The molecule has 1 aliphatic rings. The lowest BCUT2D eigenvalue weighted by atomic mass is 10.1. The third kappa shape index (κ3) is 4.31. The van der Waals surface area contributed by atoms with E-state index in [0.717, 1.165) is 25.3 Å². The van der Waals surface area contributed by atoms with Gasteiger partial charge in [0.25, 0.3) is 0 Å². The highest BCUT2D eigenvalue weighted by atomic mass is 32.2. The van der Waals surface area contributed by atoms with E-state index in [9.17, 15) is 8.42 Å². The zero-order valence-corrected chi connectivity index (χ0v) is 12.8. The number of hydrogen-bond donors (Lipinski definition) is 3. The summed E-state index contributed by atoms with van der Waals surface area (Å²) >= 11 is 0. The largest absolute Gasteiger partial charge is 0.363 e. The fourth-order valence-corrected chi connectivity index (χ4v) is 3.51. The molecule has 0 amide bonds. The topological polar surface area (TPSA) is 77.2 Å². The Bertz CT molecular complexity index is 506. The van der Waals surface area contributed by atoms with E-state index in [-0.39, 0.29) is 0 Å². The second-order valence-electron chi connectivity index (χ2n) is 5.19. The van der Waals surface area contributed by atoms with Crippen LogP contribution in [-0.2, 0) is 16.6 Å². The van der Waals surface area contributed by atoms with Gasteiger partial charge in [0.15, 0.2) is 0 Å². The highest BCUT2D eigenvalue weighted by Crippen LogP contribution is 2.11. The number of aromatic nitrogens is 1. The molecule has 7 heteroatoms. The number of likely N-dealkylation sites (tertiary alicyclic amines) is 1. The molecule has 0 aliphatic carbocycles. The maximum Gasteiger partial charge on any atom is 0.242 e. The van der Waals surface area contributed by atoms with Gasteiger partial charge in [0.1, 0.15) is 0 Å². The van der Waals surface area contributed by atoms with E-state index in [1.807, 2.05) is 7.05 Å². The molecule has 0 saturated carbocycles. The van der Waals surface area contributed by atoms with E-state index in [4.69, 9.17) is 0 Å². The maximum absolute atomic E-state index is 12.1. The first-order valence-electron chi connectivity index (χ1n) is 7.16. The number of aromatic amines is 1. The number of rotatable bonds is 7. The fourth-order valence-electron chi connectivity index (χ4n) is 2.47. The molecule has 114 valence electrons. The van der Waals surface area contributed by atoms with Crippen LogP contribution in [0, 0.1) is 0 Å². The highest BCUT2D eigenvalue weighted by molar-refractivity contribution is 7.89. The lowest BCUT2D eigenvalue weighted by molar-refractivity contribution is 0.233. The van der Waals surface area contributed by atoms with Gasteiger partial charge in [0.05, 0.1) is 4.90 Å². The van der Waals surface area contributed by atoms with Crippen LogP contribution in [0.5, 0.6) is 0 Å². The van der Waals surface area contributed by atoms with Crippen LogP contribution in [0.1, 0.15) is 25.0 Å². The van der Waals surface area contributed by atoms with E-state index in [2.05, 4.69) is 19.9 Å². The van der Waals surface area contributed by atoms with Crippen LogP contribution in [0.2, 0.25) is 0 Å². The van der Waals surface area contributed by atoms with Gasteiger partial charge < -0.3 is 15.2 Å². The summed E-state index contributed by atoms with van der Waals surface area (Å²) in [6.45, 7) is 4.04. The Morgan fingerprint density at radius 1 is 1.30 bits per heavy atom. The summed E-state index contributed by atoms with van der Waals surface area (Å²) in [4.78, 5) is 5.58. The molecule has 20 heavy (non-hydrogen) atoms. The average Bonchev–Trinajstić information content (AvgIpc) is 2.90. The number of piperidine rings is 1. The van der Waals surface area contributed by atoms with Crippen LogP contribution in [0.4, 0.5) is 0 Å². The second-order valence-corrected chi connectivity index (χ2v) is 6.96. The predicted molar refractivity (Wildman–Crippen MR) is 79.0 cm³/mol. The Hall–Kier alpha value is -0.890. The van der Waals surface area contributed by atoms with Gasteiger partial charge in [0.2, 0.25) is 10.0 Å². The lowest BCUT2D eigenvalue weighted by Gasteiger charge is -2.26. The Kier molecular flexibility index (Phi) is 5.59. The van der Waals surface area contributed by atoms with Gasteiger partial charge in [-0.05, 0) is 39.0 Å². The Balaban J connectivity index is 1.83. The SMILES string of the molecule is CNCc1cc(S(=O)(=O)NCCN2CCCCC2)c[nH]1. The van der Waals surface area contributed by atoms with Gasteiger partial charge in [0, 0.05) is 31.5 Å². The molecule has 1 aromatic heterocycles. The van der Waals surface area contributed by atoms with Crippen molar-refractivity contribution in [2.45, 2.75) is 30.7 Å². The van der Waals surface area contributed by atoms with Crippen molar-refractivity contribution >= 4 is 10.0 Å². The number of nitrogens with one attached hydrogen (secondary N) is 3. The third-order valence-corrected chi connectivity index (χ3v) is 5.00. The molecular formula is C13H24N4O2S. The van der Waals surface area contributed by atoms with E-state index >= 15 is 0 Å². The zero-order valence-electron chi connectivity index (χ0n) is 12.0. The molecule has 6 nitrogen and oxygen atoms in total. The monoisotopic (exact) mass is 300 g/mol. The van der Waals surface area contributed by atoms with E-state index in [1.54, 1.807) is 6.07 Å². The van der Waals surface area contributed by atoms with E-state index in [0.29, 0.717) is 18.0 Å². The van der Waals surface area contributed by atoms with Crippen molar-refractivity contribution in [3.63, 3.8) is 0 Å². The summed E-state index contributed by atoms with van der Waals surface area (Å²) in [5.74, 6) is 0. The zero-order chi connectivity index (χ0) is 14.4. The fraction of sp³-hybridized carbons (Fsp3) is 0.692. The van der Waals surface area contributed by atoms with E-state index in [1.165, 1.54) is 25.5 Å². The van der Waals surface area contributed by atoms with Crippen molar-refractivity contribution in [2.24, 2.45) is 0 Å². The summed E-state index contributed by atoms with van der Waals surface area (Å²) in [5, 5.41) is 2.98. The number of hydrogen-bond acceptors (Lipinski definition) is 4. The van der Waals surface area contributed by atoms with E-state index < -0.39 is 10.0 Å². The molecule has 0 atom stereocenters. The molecule has 1 aliphatic heterocycles. The minimum absolute atomic E-state index is 0.307. The summed E-state index contributed by atoms with van der Waals surface area (Å²) in [5.41, 5.74) is 0.865. The van der Waals surface area contributed by atoms with Crippen molar-refractivity contribution in [3.05, 3.63) is 18.0 Å². The van der Waals surface area contributed by atoms with Gasteiger partial charge in [-0.1, -0.05) is 6.42 Å². The quantitative estimate of drug-likeness (QED) is 0.685. The first kappa shape index (κ1) is 15.5. The summed E-state index contributed by atoms with van der Waals surface area (Å²) in [6.07, 6.45) is 5.27. The predicted octanol–water partition coefficient (Wildman–Crippen LogP) is 0.498. The minimum Gasteiger partial charge on any atom is -0.363 e. The molecule has 2 heterocycles. The molecule has 0 radical (unpaired) electrons. The standard InChI is InChI=1S/C13H24N4O2S/c1-14-10-12-9-13(11-15-12)20(18,19)16-5-8-17-6-3-2-4-7-17/h9,11,14-16H,2-8,10H2,1H3. The molecule has 2 rings (SSSR count). The van der Waals surface area contributed by atoms with Crippen molar-refractivity contribution in [1.82, 2.24) is 19.9 Å². The molecule has 1 saturated heterocycles. The van der Waals surface area contributed by atoms with Crippen LogP contribution in [0.3, 0.4) is 0 Å². The molecule has 0 unspecified atom stereocenters. The molecule has 1 fully saturated rings. The van der Waals surface area contributed by atoms with Crippen LogP contribution in [-0.4, -0.2) is 51.5 Å². The first-order valence-corrected chi connectivity index (χ1v) is 8.64. The molecule has 0 spiro atoms. The maximum atomic E-state index is 12.1. The average molecular weight is 300 g/mol. The van der Waals surface area contributed by atoms with Crippen molar-refractivity contribution in [3.8, 4) is 0 Å². The molecule has 0 bridgehead atoms. The van der Waals surface area contributed by atoms with Crippen molar-refractivity contribution < 1.29 is 8.42 Å². The molecule has 1 aromatic rings. The van der Waals surface area contributed by atoms with Gasteiger partial charge in [-0.3, -0.25) is 0 Å². The van der Waals surface area contributed by atoms with Crippen LogP contribution < -0.4 is 10.0 Å². The smallest absolute Gasteiger partial charge is 0.242 e. The third-order valence-electron chi connectivity index (χ3n) is 3.56. The molecular weight excluding hydrogens is 276 g/mol. The van der Waals surface area contributed by atoms with Gasteiger partial charge >= 0.3 is 0 Å². The number of sulfonamides is 1. The highest BCUT2D eigenvalue weighted by Gasteiger charge is 2.16.